The topological polar surface area (TPSA) is 0 Å². The highest BCUT2D eigenvalue weighted by Gasteiger charge is 2.31. The van der Waals surface area contributed by atoms with E-state index in [0.29, 0.717) is 18.3 Å². The van der Waals surface area contributed by atoms with E-state index in [-0.39, 0.29) is 0 Å². The number of alkyl halides is 1. The maximum Gasteiger partial charge on any atom is 0.104 e. The Bertz CT molecular complexity index is 326. The van der Waals surface area contributed by atoms with E-state index in [1.54, 1.807) is 5.57 Å². The molecule has 0 saturated carbocycles. The Morgan fingerprint density at radius 3 is 2.65 bits per heavy atom. The second-order valence-electron chi connectivity index (χ2n) is 5.90. The fourth-order valence-corrected chi connectivity index (χ4v) is 3.69. The molecule has 0 amide bonds. The van der Waals surface area contributed by atoms with Gasteiger partial charge in [0, 0.05) is 0 Å². The van der Waals surface area contributed by atoms with Crippen LogP contribution in [0.5, 0.6) is 0 Å². The van der Waals surface area contributed by atoms with Crippen LogP contribution in [0.25, 0.3) is 0 Å². The van der Waals surface area contributed by atoms with E-state index in [1.165, 1.54) is 18.4 Å². The Kier molecular flexibility index (Phi) is 4.06. The van der Waals surface area contributed by atoms with Gasteiger partial charge in [-0.15, -0.1) is 0 Å². The van der Waals surface area contributed by atoms with Crippen LogP contribution in [0.4, 0.5) is 4.39 Å². The van der Waals surface area contributed by atoms with Gasteiger partial charge in [0.25, 0.3) is 0 Å². The summed E-state index contributed by atoms with van der Waals surface area (Å²) in [4.78, 5) is 0. The minimum Gasteiger partial charge on any atom is -0.247 e. The number of rotatable bonds is 2. The molecule has 0 fully saturated rings. The van der Waals surface area contributed by atoms with E-state index in [1.807, 2.05) is 0 Å². The van der Waals surface area contributed by atoms with Crippen molar-refractivity contribution in [3.63, 3.8) is 0 Å². The zero-order valence-electron chi connectivity index (χ0n) is 11.4. The summed E-state index contributed by atoms with van der Waals surface area (Å²) in [6.45, 7) is 6.95. The summed E-state index contributed by atoms with van der Waals surface area (Å²) >= 11 is 0. The molecule has 2 aliphatic rings. The second-order valence-corrected chi connectivity index (χ2v) is 5.90. The lowest BCUT2D eigenvalue weighted by molar-refractivity contribution is 0.267. The molecule has 2 rings (SSSR count). The molecule has 0 radical (unpaired) electrons. The van der Waals surface area contributed by atoms with E-state index >= 15 is 0 Å². The van der Waals surface area contributed by atoms with Gasteiger partial charge < -0.3 is 0 Å². The molecule has 4 atom stereocenters. The zero-order chi connectivity index (χ0) is 12.4. The predicted molar refractivity (Wildman–Crippen MR) is 71.6 cm³/mol. The maximum absolute atomic E-state index is 13.2. The SMILES string of the molecule is CCC1=C[C@H](C)C(C2=CC[C@H](F)CC2)[C@H](C)C1. The van der Waals surface area contributed by atoms with Gasteiger partial charge in [0.2, 0.25) is 0 Å². The summed E-state index contributed by atoms with van der Waals surface area (Å²) in [5.74, 6) is 2.03. The standard InChI is InChI=1S/C16H25F/c1-4-13-9-11(2)16(12(3)10-13)14-5-7-15(17)8-6-14/h5,9,11-12,15-16H,4,6-8,10H2,1-3H3/t11-,12+,15-,16?/m0/s1. The van der Waals surface area contributed by atoms with Gasteiger partial charge in [-0.2, -0.15) is 0 Å². The van der Waals surface area contributed by atoms with E-state index in [9.17, 15) is 4.39 Å². The molecular formula is C16H25F. The molecule has 0 nitrogen and oxygen atoms in total. The Morgan fingerprint density at radius 1 is 1.35 bits per heavy atom. The van der Waals surface area contributed by atoms with Crippen LogP contribution in [0.1, 0.15) is 52.9 Å². The molecule has 0 aromatic carbocycles. The van der Waals surface area contributed by atoms with E-state index in [0.717, 1.165) is 18.8 Å². The summed E-state index contributed by atoms with van der Waals surface area (Å²) in [5.41, 5.74) is 3.14. The third-order valence-electron chi connectivity index (χ3n) is 4.53. The fourth-order valence-electron chi connectivity index (χ4n) is 3.69. The molecule has 1 heteroatoms. The van der Waals surface area contributed by atoms with Crippen molar-refractivity contribution >= 4 is 0 Å². The smallest absolute Gasteiger partial charge is 0.104 e. The average Bonchev–Trinajstić information content (AvgIpc) is 2.30. The van der Waals surface area contributed by atoms with E-state index in [4.69, 9.17) is 0 Å². The molecule has 0 saturated heterocycles. The minimum absolute atomic E-state index is 0.588. The van der Waals surface area contributed by atoms with Gasteiger partial charge in [-0.05, 0) is 49.9 Å². The van der Waals surface area contributed by atoms with Crippen LogP contribution in [0, 0.1) is 17.8 Å². The summed E-state index contributed by atoms with van der Waals surface area (Å²) < 4.78 is 13.2. The lowest BCUT2D eigenvalue weighted by Crippen LogP contribution is -2.27. The van der Waals surface area contributed by atoms with Gasteiger partial charge in [0.1, 0.15) is 6.17 Å². The van der Waals surface area contributed by atoms with Gasteiger partial charge in [-0.25, -0.2) is 4.39 Å². The summed E-state index contributed by atoms with van der Waals surface area (Å²) in [6, 6.07) is 0. The van der Waals surface area contributed by atoms with Gasteiger partial charge in [0.15, 0.2) is 0 Å². The van der Waals surface area contributed by atoms with Crippen molar-refractivity contribution < 1.29 is 4.39 Å². The van der Waals surface area contributed by atoms with Crippen molar-refractivity contribution in [1.29, 1.82) is 0 Å². The zero-order valence-corrected chi connectivity index (χ0v) is 11.4. The van der Waals surface area contributed by atoms with Crippen molar-refractivity contribution in [3.05, 3.63) is 23.3 Å². The highest BCUT2D eigenvalue weighted by atomic mass is 19.1. The average molecular weight is 236 g/mol. The number of hydrogen-bond acceptors (Lipinski definition) is 0. The van der Waals surface area contributed by atoms with E-state index < -0.39 is 6.17 Å². The van der Waals surface area contributed by atoms with Crippen molar-refractivity contribution in [2.24, 2.45) is 17.8 Å². The number of allylic oxidation sites excluding steroid dienone is 4. The second kappa shape index (κ2) is 5.37. The molecule has 1 unspecified atom stereocenters. The van der Waals surface area contributed by atoms with Crippen molar-refractivity contribution in [2.75, 3.05) is 0 Å². The molecule has 0 heterocycles. The Balaban J connectivity index is 2.13. The molecule has 96 valence electrons. The van der Waals surface area contributed by atoms with Crippen LogP contribution in [-0.2, 0) is 0 Å². The van der Waals surface area contributed by atoms with Gasteiger partial charge in [-0.1, -0.05) is 44.1 Å². The summed E-state index contributed by atoms with van der Waals surface area (Å²) in [7, 11) is 0. The normalized spacial score (nSPS) is 38.6. The van der Waals surface area contributed by atoms with Crippen molar-refractivity contribution in [2.45, 2.75) is 59.0 Å². The Labute approximate surface area is 105 Å². The molecule has 0 aliphatic heterocycles. The van der Waals surface area contributed by atoms with Crippen LogP contribution < -0.4 is 0 Å². The molecule has 17 heavy (non-hydrogen) atoms. The van der Waals surface area contributed by atoms with E-state index in [2.05, 4.69) is 32.9 Å². The highest BCUT2D eigenvalue weighted by Crippen LogP contribution is 2.42. The van der Waals surface area contributed by atoms with Crippen LogP contribution in [-0.4, -0.2) is 6.17 Å². The lowest BCUT2D eigenvalue weighted by Gasteiger charge is -2.37. The lowest BCUT2D eigenvalue weighted by atomic mass is 9.68. The molecule has 0 aromatic rings. The van der Waals surface area contributed by atoms with Gasteiger partial charge in [0.05, 0.1) is 0 Å². The van der Waals surface area contributed by atoms with Crippen LogP contribution >= 0.6 is 0 Å². The van der Waals surface area contributed by atoms with Crippen molar-refractivity contribution in [1.82, 2.24) is 0 Å². The first-order valence-corrected chi connectivity index (χ1v) is 7.14. The van der Waals surface area contributed by atoms with Crippen LogP contribution in [0.2, 0.25) is 0 Å². The largest absolute Gasteiger partial charge is 0.247 e. The highest BCUT2D eigenvalue weighted by molar-refractivity contribution is 5.21. The molecule has 0 aromatic heterocycles. The van der Waals surface area contributed by atoms with Gasteiger partial charge in [-0.3, -0.25) is 0 Å². The third-order valence-corrected chi connectivity index (χ3v) is 4.53. The van der Waals surface area contributed by atoms with Crippen LogP contribution in [0.15, 0.2) is 23.3 Å². The first-order valence-electron chi connectivity index (χ1n) is 7.14. The predicted octanol–water partition coefficient (Wildman–Crippen LogP) is 5.06. The molecule has 0 bridgehead atoms. The number of hydrogen-bond donors (Lipinski definition) is 0. The quantitative estimate of drug-likeness (QED) is 0.588. The summed E-state index contributed by atoms with van der Waals surface area (Å²) in [6.07, 6.45) is 8.87. The Morgan fingerprint density at radius 2 is 2.12 bits per heavy atom. The molecular weight excluding hydrogens is 211 g/mol. The van der Waals surface area contributed by atoms with Crippen molar-refractivity contribution in [3.8, 4) is 0 Å². The maximum atomic E-state index is 13.2. The summed E-state index contributed by atoms with van der Waals surface area (Å²) in [5, 5.41) is 0. The molecule has 0 spiro atoms. The van der Waals surface area contributed by atoms with Gasteiger partial charge >= 0.3 is 0 Å². The monoisotopic (exact) mass is 236 g/mol. The first kappa shape index (κ1) is 12.9. The molecule has 2 aliphatic carbocycles. The van der Waals surface area contributed by atoms with Crippen LogP contribution in [0.3, 0.4) is 0 Å². The Hall–Kier alpha value is -0.590. The first-order chi connectivity index (χ1) is 8.11. The minimum atomic E-state index is -0.588. The molecule has 0 N–H and O–H groups in total. The third kappa shape index (κ3) is 2.81. The number of halogens is 1. The fraction of sp³-hybridized carbons (Fsp3) is 0.750.